The van der Waals surface area contributed by atoms with E-state index in [4.69, 9.17) is 0 Å². The minimum Gasteiger partial charge on any atom is -0.433 e. The summed E-state index contributed by atoms with van der Waals surface area (Å²) in [5.41, 5.74) is 0.927. The summed E-state index contributed by atoms with van der Waals surface area (Å²) < 4.78 is 95.0. The smallest absolute Gasteiger partial charge is 0.393 e. The lowest BCUT2D eigenvalue weighted by Crippen LogP contribution is -2.36. The second-order valence-electron chi connectivity index (χ2n) is 9.57. The summed E-state index contributed by atoms with van der Waals surface area (Å²) >= 11 is 1.18. The van der Waals surface area contributed by atoms with Crippen molar-refractivity contribution in [2.45, 2.75) is 43.0 Å². The van der Waals surface area contributed by atoms with E-state index >= 15 is 0 Å². The van der Waals surface area contributed by atoms with Crippen LogP contribution in [-0.2, 0) is 16.3 Å². The van der Waals surface area contributed by atoms with Crippen LogP contribution in [0.15, 0.2) is 41.3 Å². The Morgan fingerprint density at radius 1 is 1.15 bits per heavy atom. The molecule has 0 bridgehead atoms. The van der Waals surface area contributed by atoms with E-state index in [0.29, 0.717) is 10.1 Å². The van der Waals surface area contributed by atoms with Crippen LogP contribution in [0.1, 0.15) is 23.3 Å². The summed E-state index contributed by atoms with van der Waals surface area (Å²) in [4.78, 5) is 2.30. The van der Waals surface area contributed by atoms with Crippen molar-refractivity contribution in [2.75, 3.05) is 43.6 Å². The summed E-state index contributed by atoms with van der Waals surface area (Å²) in [6, 6.07) is 8.94. The van der Waals surface area contributed by atoms with Crippen LogP contribution >= 0.6 is 11.3 Å². The Bertz CT molecular complexity index is 1520. The van der Waals surface area contributed by atoms with Crippen molar-refractivity contribution >= 4 is 42.6 Å². The predicted molar refractivity (Wildman–Crippen MR) is 147 cm³/mol. The molecular weight excluding hydrogens is 573 g/mol. The van der Waals surface area contributed by atoms with Gasteiger partial charge in [-0.15, -0.1) is 11.3 Å². The Hall–Kier alpha value is -3.08. The van der Waals surface area contributed by atoms with E-state index in [1.165, 1.54) is 23.5 Å². The van der Waals surface area contributed by atoms with Gasteiger partial charge in [0.2, 0.25) is 0 Å². The number of nitrogens with one attached hydrogen (secondary N) is 2. The Kier molecular flexibility index (Phi) is 9.12. The normalized spacial score (nSPS) is 15.2. The standard InChI is InChI=1S/C27H28F5N3O3S2/c1-35-13-10-17(11-14-35)34-22-6-3-5-19-20(16-27(30,31)32)24(39-25(19)22)7-4-12-33-21-9-8-18(40(2,36)37)15-23(21)38-26(28)29/h3,5-6,8-9,15,17,26,33-34H,10-14,16H2,1-2H3. The predicted octanol–water partition coefficient (Wildman–Crippen LogP) is 5.98. The van der Waals surface area contributed by atoms with Crippen LogP contribution in [0.4, 0.5) is 33.3 Å². The number of fused-ring (bicyclic) bond motifs is 1. The fourth-order valence-electron chi connectivity index (χ4n) is 4.47. The monoisotopic (exact) mass is 601 g/mol. The molecule has 1 fully saturated rings. The molecule has 1 aromatic heterocycles. The zero-order valence-electron chi connectivity index (χ0n) is 21.7. The van der Waals surface area contributed by atoms with Gasteiger partial charge >= 0.3 is 12.8 Å². The van der Waals surface area contributed by atoms with E-state index in [9.17, 15) is 30.4 Å². The minimum absolute atomic E-state index is 0.0680. The van der Waals surface area contributed by atoms with Crippen LogP contribution in [0.2, 0.25) is 0 Å². The molecule has 0 radical (unpaired) electrons. The first-order valence-electron chi connectivity index (χ1n) is 12.4. The van der Waals surface area contributed by atoms with Crippen molar-refractivity contribution in [3.05, 3.63) is 46.8 Å². The second-order valence-corrected chi connectivity index (χ2v) is 12.6. The molecule has 2 N–H and O–H groups in total. The highest BCUT2D eigenvalue weighted by molar-refractivity contribution is 7.90. The van der Waals surface area contributed by atoms with Gasteiger partial charge in [-0.1, -0.05) is 24.0 Å². The average molecular weight is 602 g/mol. The van der Waals surface area contributed by atoms with Gasteiger partial charge in [-0.05, 0) is 62.1 Å². The zero-order valence-corrected chi connectivity index (χ0v) is 23.4. The summed E-state index contributed by atoms with van der Waals surface area (Å²) in [5.74, 6) is 5.19. The first kappa shape index (κ1) is 29.9. The van der Waals surface area contributed by atoms with Gasteiger partial charge in [-0.3, -0.25) is 0 Å². The number of nitrogens with zero attached hydrogens (tertiary/aromatic N) is 1. The van der Waals surface area contributed by atoms with Gasteiger partial charge in [0, 0.05) is 18.4 Å². The third-order valence-electron chi connectivity index (χ3n) is 6.44. The van der Waals surface area contributed by atoms with Gasteiger partial charge in [-0.2, -0.15) is 22.0 Å². The molecule has 2 aromatic carbocycles. The molecule has 1 saturated heterocycles. The number of benzene rings is 2. The van der Waals surface area contributed by atoms with Crippen LogP contribution in [0.3, 0.4) is 0 Å². The molecule has 0 saturated carbocycles. The maximum Gasteiger partial charge on any atom is 0.393 e. The highest BCUT2D eigenvalue weighted by atomic mass is 32.2. The molecule has 1 aliphatic heterocycles. The number of hydrogen-bond acceptors (Lipinski definition) is 7. The van der Waals surface area contributed by atoms with Crippen molar-refractivity contribution in [2.24, 2.45) is 0 Å². The second kappa shape index (κ2) is 12.2. The van der Waals surface area contributed by atoms with Crippen molar-refractivity contribution in [1.29, 1.82) is 0 Å². The number of halogens is 5. The molecule has 13 heteroatoms. The van der Waals surface area contributed by atoms with Crippen LogP contribution in [-0.4, -0.2) is 65.1 Å². The first-order chi connectivity index (χ1) is 18.8. The van der Waals surface area contributed by atoms with Gasteiger partial charge in [0.25, 0.3) is 0 Å². The molecule has 2 heterocycles. The van der Waals surface area contributed by atoms with Crippen molar-refractivity contribution in [1.82, 2.24) is 4.90 Å². The van der Waals surface area contributed by atoms with E-state index in [0.717, 1.165) is 43.9 Å². The SMILES string of the molecule is CN1CCC(Nc2cccc3c(CC(F)(F)F)c(C#CCNc4ccc(S(C)(=O)=O)cc4OC(F)F)sc23)CC1. The lowest BCUT2D eigenvalue weighted by Gasteiger charge is -2.30. The fourth-order valence-corrected chi connectivity index (χ4v) is 6.28. The Balaban J connectivity index is 1.60. The van der Waals surface area contributed by atoms with Gasteiger partial charge < -0.3 is 20.3 Å². The maximum absolute atomic E-state index is 13.5. The average Bonchev–Trinajstić information content (AvgIpc) is 3.19. The molecule has 1 aliphatic rings. The number of likely N-dealkylation sites (tertiary alicyclic amines) is 1. The third-order valence-corrected chi connectivity index (χ3v) is 8.75. The Morgan fingerprint density at radius 2 is 1.88 bits per heavy atom. The summed E-state index contributed by atoms with van der Waals surface area (Å²) in [6.45, 7) is -1.44. The van der Waals surface area contributed by atoms with Gasteiger partial charge in [0.1, 0.15) is 0 Å². The summed E-state index contributed by atoms with van der Waals surface area (Å²) in [6.07, 6.45) is -2.79. The number of sulfone groups is 1. The number of rotatable bonds is 8. The Morgan fingerprint density at radius 3 is 2.52 bits per heavy atom. The molecule has 6 nitrogen and oxygen atoms in total. The number of hydrogen-bond donors (Lipinski definition) is 2. The number of piperidine rings is 1. The highest BCUT2D eigenvalue weighted by Gasteiger charge is 2.31. The van der Waals surface area contributed by atoms with Gasteiger partial charge in [0.05, 0.1) is 38.8 Å². The van der Waals surface area contributed by atoms with Crippen LogP contribution in [0.25, 0.3) is 10.1 Å². The lowest BCUT2D eigenvalue weighted by molar-refractivity contribution is -0.126. The molecule has 0 atom stereocenters. The van der Waals surface area contributed by atoms with Crippen LogP contribution in [0.5, 0.6) is 5.75 Å². The molecule has 0 amide bonds. The number of ether oxygens (including phenoxy) is 1. The topological polar surface area (TPSA) is 70.7 Å². The first-order valence-corrected chi connectivity index (χ1v) is 15.1. The fraction of sp³-hybridized carbons (Fsp3) is 0.407. The number of alkyl halides is 5. The molecule has 3 aromatic rings. The molecule has 0 aliphatic carbocycles. The molecule has 0 unspecified atom stereocenters. The summed E-state index contributed by atoms with van der Waals surface area (Å²) in [7, 11) is -1.61. The van der Waals surface area contributed by atoms with Crippen molar-refractivity contribution < 1.29 is 35.1 Å². The molecular formula is C27H28F5N3O3S2. The zero-order chi connectivity index (χ0) is 29.1. The lowest BCUT2D eigenvalue weighted by atomic mass is 10.0. The number of anilines is 2. The molecule has 40 heavy (non-hydrogen) atoms. The van der Waals surface area contributed by atoms with E-state index < -0.39 is 29.0 Å². The largest absolute Gasteiger partial charge is 0.433 e. The van der Waals surface area contributed by atoms with Gasteiger partial charge in [-0.25, -0.2) is 8.42 Å². The third kappa shape index (κ3) is 7.77. The quantitative estimate of drug-likeness (QED) is 0.245. The van der Waals surface area contributed by atoms with E-state index in [1.807, 2.05) is 6.07 Å². The summed E-state index contributed by atoms with van der Waals surface area (Å²) in [5, 5.41) is 6.76. The van der Waals surface area contributed by atoms with Crippen LogP contribution < -0.4 is 15.4 Å². The van der Waals surface area contributed by atoms with E-state index in [1.54, 1.807) is 12.1 Å². The molecule has 4 rings (SSSR count). The van der Waals surface area contributed by atoms with Crippen molar-refractivity contribution in [3.8, 4) is 17.6 Å². The van der Waals surface area contributed by atoms with Gasteiger partial charge in [0.15, 0.2) is 15.6 Å². The molecule has 216 valence electrons. The number of thiophene rings is 1. The Labute approximate surface area is 233 Å². The van der Waals surface area contributed by atoms with E-state index in [2.05, 4.69) is 39.2 Å². The minimum atomic E-state index is -4.44. The maximum atomic E-state index is 13.5. The van der Waals surface area contributed by atoms with Crippen molar-refractivity contribution in [3.63, 3.8) is 0 Å². The van der Waals surface area contributed by atoms with Crippen LogP contribution in [0, 0.1) is 11.8 Å². The van der Waals surface area contributed by atoms with E-state index in [-0.39, 0.29) is 39.4 Å². The molecule has 0 spiro atoms. The highest BCUT2D eigenvalue weighted by Crippen LogP contribution is 2.39.